The fourth-order valence-electron chi connectivity index (χ4n) is 2.30. The van der Waals surface area contributed by atoms with Crippen LogP contribution in [-0.4, -0.2) is 36.0 Å². The van der Waals surface area contributed by atoms with E-state index in [2.05, 4.69) is 34.0 Å². The first-order valence-electron chi connectivity index (χ1n) is 7.12. The Labute approximate surface area is 120 Å². The molecule has 2 heterocycles. The van der Waals surface area contributed by atoms with E-state index >= 15 is 0 Å². The van der Waals surface area contributed by atoms with E-state index < -0.39 is 0 Å². The van der Waals surface area contributed by atoms with Gasteiger partial charge in [0.05, 0.1) is 6.54 Å². The summed E-state index contributed by atoms with van der Waals surface area (Å²) in [7, 11) is 1.86. The maximum absolute atomic E-state index is 4.43. The minimum absolute atomic E-state index is 0.781. The summed E-state index contributed by atoms with van der Waals surface area (Å²) >= 11 is 1.79. The van der Waals surface area contributed by atoms with Crippen LogP contribution in [0.25, 0.3) is 0 Å². The van der Waals surface area contributed by atoms with Crippen molar-refractivity contribution >= 4 is 17.3 Å². The van der Waals surface area contributed by atoms with Gasteiger partial charge in [-0.3, -0.25) is 4.99 Å². The number of piperidine rings is 1. The first kappa shape index (κ1) is 14.3. The van der Waals surface area contributed by atoms with Crippen molar-refractivity contribution < 1.29 is 0 Å². The molecule has 1 aliphatic heterocycles. The van der Waals surface area contributed by atoms with Crippen LogP contribution in [0.4, 0.5) is 0 Å². The van der Waals surface area contributed by atoms with Crippen molar-refractivity contribution in [3.05, 3.63) is 16.1 Å². The minimum atomic E-state index is 0.781. The van der Waals surface area contributed by atoms with Crippen molar-refractivity contribution in [1.82, 2.24) is 15.2 Å². The molecule has 0 aromatic carbocycles. The van der Waals surface area contributed by atoms with Crippen LogP contribution in [0.2, 0.25) is 0 Å². The molecule has 0 radical (unpaired) electrons. The molecule has 2 rings (SSSR count). The number of guanidine groups is 1. The highest BCUT2D eigenvalue weighted by molar-refractivity contribution is 7.11. The molecule has 0 aliphatic carbocycles. The standard InChI is InChI=1S/C14H24N4S/c1-4-12-9-16-13(19-12)10-17-14(15-3)18-7-5-11(2)6-8-18/h9,11H,4-8,10H2,1-3H3,(H,15,17). The molecule has 1 fully saturated rings. The summed E-state index contributed by atoms with van der Waals surface area (Å²) in [6, 6.07) is 0. The summed E-state index contributed by atoms with van der Waals surface area (Å²) < 4.78 is 0. The zero-order chi connectivity index (χ0) is 13.7. The third kappa shape index (κ3) is 3.93. The molecule has 19 heavy (non-hydrogen) atoms. The topological polar surface area (TPSA) is 40.5 Å². The maximum atomic E-state index is 4.43. The average molecular weight is 280 g/mol. The molecule has 1 aromatic rings. The van der Waals surface area contributed by atoms with Gasteiger partial charge in [0.15, 0.2) is 5.96 Å². The normalized spacial score (nSPS) is 17.8. The number of aromatic nitrogens is 1. The molecular formula is C14H24N4S. The molecule has 0 bridgehead atoms. The zero-order valence-corrected chi connectivity index (χ0v) is 13.0. The van der Waals surface area contributed by atoms with Crippen LogP contribution in [0.15, 0.2) is 11.2 Å². The number of hydrogen-bond donors (Lipinski definition) is 1. The van der Waals surface area contributed by atoms with Crippen LogP contribution < -0.4 is 5.32 Å². The summed E-state index contributed by atoms with van der Waals surface area (Å²) in [5.74, 6) is 1.86. The van der Waals surface area contributed by atoms with Gasteiger partial charge in [-0.1, -0.05) is 13.8 Å². The van der Waals surface area contributed by atoms with Gasteiger partial charge in [0, 0.05) is 31.2 Å². The third-order valence-corrected chi connectivity index (χ3v) is 4.78. The van der Waals surface area contributed by atoms with E-state index in [9.17, 15) is 0 Å². The molecule has 0 unspecified atom stereocenters. The fraction of sp³-hybridized carbons (Fsp3) is 0.714. The van der Waals surface area contributed by atoms with Crippen LogP contribution in [-0.2, 0) is 13.0 Å². The Balaban J connectivity index is 1.86. The summed E-state index contributed by atoms with van der Waals surface area (Å²) in [5.41, 5.74) is 0. The highest BCUT2D eigenvalue weighted by atomic mass is 32.1. The van der Waals surface area contributed by atoms with Gasteiger partial charge in [-0.05, 0) is 25.2 Å². The molecule has 0 atom stereocenters. The number of hydrogen-bond acceptors (Lipinski definition) is 3. The predicted octanol–water partition coefficient (Wildman–Crippen LogP) is 2.51. The second kappa shape index (κ2) is 6.89. The van der Waals surface area contributed by atoms with E-state index in [-0.39, 0.29) is 0 Å². The van der Waals surface area contributed by atoms with Gasteiger partial charge in [-0.2, -0.15) is 0 Å². The van der Waals surface area contributed by atoms with Crippen LogP contribution in [0.1, 0.15) is 36.6 Å². The van der Waals surface area contributed by atoms with Crippen molar-refractivity contribution in [3.8, 4) is 0 Å². The van der Waals surface area contributed by atoms with Crippen molar-refractivity contribution in [1.29, 1.82) is 0 Å². The van der Waals surface area contributed by atoms with E-state index in [0.717, 1.165) is 42.9 Å². The number of thiazole rings is 1. The van der Waals surface area contributed by atoms with Gasteiger partial charge in [0.25, 0.3) is 0 Å². The molecule has 106 valence electrons. The van der Waals surface area contributed by atoms with Gasteiger partial charge in [-0.25, -0.2) is 4.98 Å². The minimum Gasteiger partial charge on any atom is -0.350 e. The van der Waals surface area contributed by atoms with E-state index in [0.29, 0.717) is 0 Å². The van der Waals surface area contributed by atoms with Crippen LogP contribution in [0.3, 0.4) is 0 Å². The number of rotatable bonds is 3. The lowest BCUT2D eigenvalue weighted by Gasteiger charge is -2.32. The number of aliphatic imine (C=N–C) groups is 1. The molecule has 5 heteroatoms. The molecule has 0 saturated carbocycles. The van der Waals surface area contributed by atoms with Crippen LogP contribution in [0.5, 0.6) is 0 Å². The Hall–Kier alpha value is -1.10. The largest absolute Gasteiger partial charge is 0.350 e. The second-order valence-electron chi connectivity index (χ2n) is 5.14. The summed E-state index contributed by atoms with van der Waals surface area (Å²) in [6.45, 7) is 7.50. The van der Waals surface area contributed by atoms with Crippen molar-refractivity contribution in [2.24, 2.45) is 10.9 Å². The molecule has 1 aliphatic rings. The lowest BCUT2D eigenvalue weighted by Crippen LogP contribution is -2.45. The number of nitrogens with zero attached hydrogens (tertiary/aromatic N) is 3. The summed E-state index contributed by atoms with van der Waals surface area (Å²) in [4.78, 5) is 12.5. The molecule has 0 amide bonds. The molecule has 1 saturated heterocycles. The molecular weight excluding hydrogens is 256 g/mol. The fourth-order valence-corrected chi connectivity index (χ4v) is 3.10. The smallest absolute Gasteiger partial charge is 0.193 e. The van der Waals surface area contributed by atoms with Crippen LogP contribution >= 0.6 is 11.3 Å². The number of aryl methyl sites for hydroxylation is 1. The first-order valence-corrected chi connectivity index (χ1v) is 7.93. The SMILES string of the molecule is CCc1cnc(CNC(=NC)N2CCC(C)CC2)s1. The highest BCUT2D eigenvalue weighted by Crippen LogP contribution is 2.16. The maximum Gasteiger partial charge on any atom is 0.193 e. The third-order valence-electron chi connectivity index (χ3n) is 3.64. The monoisotopic (exact) mass is 280 g/mol. The summed E-state index contributed by atoms with van der Waals surface area (Å²) in [5, 5.41) is 4.57. The molecule has 0 spiro atoms. The van der Waals surface area contributed by atoms with Gasteiger partial charge < -0.3 is 10.2 Å². The highest BCUT2D eigenvalue weighted by Gasteiger charge is 2.18. The van der Waals surface area contributed by atoms with Gasteiger partial charge >= 0.3 is 0 Å². The Morgan fingerprint density at radius 3 is 2.84 bits per heavy atom. The van der Waals surface area contributed by atoms with Crippen molar-refractivity contribution in [3.63, 3.8) is 0 Å². The van der Waals surface area contributed by atoms with E-state index in [4.69, 9.17) is 0 Å². The van der Waals surface area contributed by atoms with E-state index in [1.54, 1.807) is 11.3 Å². The van der Waals surface area contributed by atoms with Gasteiger partial charge in [0.2, 0.25) is 0 Å². The van der Waals surface area contributed by atoms with Crippen molar-refractivity contribution in [2.75, 3.05) is 20.1 Å². The zero-order valence-electron chi connectivity index (χ0n) is 12.1. The summed E-state index contributed by atoms with van der Waals surface area (Å²) in [6.07, 6.45) is 5.57. The molecule has 4 nitrogen and oxygen atoms in total. The van der Waals surface area contributed by atoms with Gasteiger partial charge in [-0.15, -0.1) is 11.3 Å². The van der Waals surface area contributed by atoms with E-state index in [1.807, 2.05) is 13.2 Å². The lowest BCUT2D eigenvalue weighted by molar-refractivity contribution is 0.273. The van der Waals surface area contributed by atoms with Crippen LogP contribution in [0, 0.1) is 5.92 Å². The second-order valence-corrected chi connectivity index (χ2v) is 6.34. The lowest BCUT2D eigenvalue weighted by atomic mass is 10.00. The number of likely N-dealkylation sites (tertiary alicyclic amines) is 1. The Morgan fingerprint density at radius 1 is 1.53 bits per heavy atom. The first-order chi connectivity index (χ1) is 9.22. The van der Waals surface area contributed by atoms with Gasteiger partial charge in [0.1, 0.15) is 5.01 Å². The Kier molecular flexibility index (Phi) is 5.19. The van der Waals surface area contributed by atoms with E-state index in [1.165, 1.54) is 17.7 Å². The average Bonchev–Trinajstić information content (AvgIpc) is 2.89. The Bertz CT molecular complexity index is 419. The molecule has 1 aromatic heterocycles. The number of nitrogens with one attached hydrogen (secondary N) is 1. The predicted molar refractivity (Wildman–Crippen MR) is 81.7 cm³/mol. The molecule has 1 N–H and O–H groups in total. The quantitative estimate of drug-likeness (QED) is 0.683. The Morgan fingerprint density at radius 2 is 2.26 bits per heavy atom. The van der Waals surface area contributed by atoms with Crippen molar-refractivity contribution in [2.45, 2.75) is 39.7 Å².